The van der Waals surface area contributed by atoms with Gasteiger partial charge in [0, 0.05) is 13.1 Å². The monoisotopic (exact) mass is 527 g/mol. The van der Waals surface area contributed by atoms with Crippen LogP contribution in [0.2, 0.25) is 0 Å². The molecule has 1 aromatic heterocycles. The molecule has 0 radical (unpaired) electrons. The molecule has 0 unspecified atom stereocenters. The topological polar surface area (TPSA) is 46.8 Å². The van der Waals surface area contributed by atoms with Gasteiger partial charge < -0.3 is 4.90 Å². The number of halogens is 9. The third-order valence-corrected chi connectivity index (χ3v) is 4.84. The molecule has 0 aliphatic heterocycles. The summed E-state index contributed by atoms with van der Waals surface area (Å²) in [6.45, 7) is 4.62. The summed E-state index contributed by atoms with van der Waals surface area (Å²) >= 11 is 0. The van der Waals surface area contributed by atoms with Crippen molar-refractivity contribution in [1.82, 2.24) is 20.2 Å². The van der Waals surface area contributed by atoms with Crippen molar-refractivity contribution < 1.29 is 39.5 Å². The molecular weight excluding hydrogens is 505 g/mol. The van der Waals surface area contributed by atoms with Crippen molar-refractivity contribution in [2.75, 3.05) is 4.90 Å². The Kier molecular flexibility index (Phi) is 8.63. The third-order valence-electron chi connectivity index (χ3n) is 4.84. The lowest BCUT2D eigenvalue weighted by molar-refractivity contribution is -0.143. The van der Waals surface area contributed by atoms with Crippen LogP contribution in [0, 0.1) is 6.92 Å². The van der Waals surface area contributed by atoms with Gasteiger partial charge in [0.2, 0.25) is 0 Å². The molecule has 0 amide bonds. The smallest absolute Gasteiger partial charge is 0.330 e. The van der Waals surface area contributed by atoms with E-state index in [-0.39, 0.29) is 29.7 Å². The molecule has 0 aliphatic rings. The molecule has 198 valence electrons. The van der Waals surface area contributed by atoms with E-state index < -0.39 is 41.8 Å². The molecule has 36 heavy (non-hydrogen) atoms. The van der Waals surface area contributed by atoms with E-state index in [1.807, 2.05) is 13.8 Å². The molecule has 2 aromatic carbocycles. The molecule has 3 aromatic rings. The molecule has 5 nitrogen and oxygen atoms in total. The van der Waals surface area contributed by atoms with Crippen LogP contribution < -0.4 is 4.90 Å². The number of hydrogen-bond donors (Lipinski definition) is 0. The Morgan fingerprint density at radius 3 is 1.72 bits per heavy atom. The van der Waals surface area contributed by atoms with E-state index in [2.05, 4.69) is 15.4 Å². The van der Waals surface area contributed by atoms with E-state index >= 15 is 0 Å². The predicted molar refractivity (Wildman–Crippen MR) is 113 cm³/mol. The van der Waals surface area contributed by atoms with Gasteiger partial charge in [-0.25, -0.2) is 0 Å². The normalized spacial score (nSPS) is 12.2. The SMILES string of the molecule is CC.Cc1ccc(C(F)(F)F)cc1CN(Cc1cc(C(F)(F)F)cc(C(F)(F)F)c1)c1nnn(C)n1. The van der Waals surface area contributed by atoms with Crippen molar-refractivity contribution >= 4 is 5.95 Å². The van der Waals surface area contributed by atoms with Crippen molar-refractivity contribution in [3.63, 3.8) is 0 Å². The first-order chi connectivity index (χ1) is 16.5. The van der Waals surface area contributed by atoms with Crippen LogP contribution in [0.15, 0.2) is 36.4 Å². The maximum atomic E-state index is 13.2. The highest BCUT2D eigenvalue weighted by molar-refractivity contribution is 5.40. The summed E-state index contributed by atoms with van der Waals surface area (Å²) in [6, 6.07) is 4.01. The van der Waals surface area contributed by atoms with Crippen LogP contribution in [0.25, 0.3) is 0 Å². The van der Waals surface area contributed by atoms with Crippen molar-refractivity contribution in [3.8, 4) is 0 Å². The average Bonchev–Trinajstić information content (AvgIpc) is 3.20. The first-order valence-corrected chi connectivity index (χ1v) is 10.5. The van der Waals surface area contributed by atoms with Crippen LogP contribution in [0.5, 0.6) is 0 Å². The molecule has 0 N–H and O–H groups in total. The van der Waals surface area contributed by atoms with Crippen molar-refractivity contribution in [2.45, 2.75) is 52.4 Å². The van der Waals surface area contributed by atoms with Crippen LogP contribution in [0.3, 0.4) is 0 Å². The van der Waals surface area contributed by atoms with Gasteiger partial charge in [-0.15, -0.1) is 5.10 Å². The number of alkyl halides is 9. The van der Waals surface area contributed by atoms with E-state index in [0.717, 1.165) is 21.8 Å². The van der Waals surface area contributed by atoms with Gasteiger partial charge >= 0.3 is 18.5 Å². The lowest BCUT2D eigenvalue weighted by Crippen LogP contribution is -2.25. The summed E-state index contributed by atoms with van der Waals surface area (Å²) < 4.78 is 119. The van der Waals surface area contributed by atoms with Gasteiger partial charge in [-0.1, -0.05) is 25.0 Å². The second-order valence-corrected chi connectivity index (χ2v) is 7.49. The minimum atomic E-state index is -5.05. The highest BCUT2D eigenvalue weighted by Crippen LogP contribution is 2.37. The fourth-order valence-electron chi connectivity index (χ4n) is 3.15. The second-order valence-electron chi connectivity index (χ2n) is 7.49. The number of aromatic nitrogens is 4. The summed E-state index contributed by atoms with van der Waals surface area (Å²) in [4.78, 5) is 2.14. The van der Waals surface area contributed by atoms with Gasteiger partial charge in [0.05, 0.1) is 23.7 Å². The molecule has 0 bridgehead atoms. The minimum Gasteiger partial charge on any atom is -0.330 e. The highest BCUT2D eigenvalue weighted by atomic mass is 19.4. The molecule has 3 rings (SSSR count). The summed E-state index contributed by atoms with van der Waals surface area (Å²) in [6.07, 6.45) is -14.8. The zero-order valence-corrected chi connectivity index (χ0v) is 19.5. The molecule has 0 fully saturated rings. The molecule has 1 heterocycles. The lowest BCUT2D eigenvalue weighted by atomic mass is 10.0. The largest absolute Gasteiger partial charge is 0.416 e. The average molecular weight is 527 g/mol. The second kappa shape index (κ2) is 10.7. The van der Waals surface area contributed by atoms with Crippen LogP contribution in [0.4, 0.5) is 45.5 Å². The van der Waals surface area contributed by atoms with Crippen molar-refractivity contribution in [1.29, 1.82) is 0 Å². The van der Waals surface area contributed by atoms with Crippen molar-refractivity contribution in [3.05, 3.63) is 69.8 Å². The fraction of sp³-hybridized carbons (Fsp3) is 0.409. The highest BCUT2D eigenvalue weighted by Gasteiger charge is 2.37. The van der Waals surface area contributed by atoms with E-state index in [1.165, 1.54) is 20.0 Å². The van der Waals surface area contributed by atoms with E-state index in [1.54, 1.807) is 0 Å². The lowest BCUT2D eigenvalue weighted by Gasteiger charge is -2.23. The number of anilines is 1. The van der Waals surface area contributed by atoms with E-state index in [9.17, 15) is 39.5 Å². The Balaban J connectivity index is 0.00000222. The number of nitrogens with zero attached hydrogens (tertiary/aromatic N) is 5. The third kappa shape index (κ3) is 7.34. The van der Waals surface area contributed by atoms with Gasteiger partial charge in [-0.2, -0.15) is 44.3 Å². The molecule has 14 heteroatoms. The van der Waals surface area contributed by atoms with E-state index in [4.69, 9.17) is 0 Å². The van der Waals surface area contributed by atoms with Crippen LogP contribution in [-0.2, 0) is 38.7 Å². The first kappa shape index (κ1) is 28.9. The standard InChI is InChI=1S/C20H16F9N5.C2H6/c1-11-3-4-14(18(21,22)23)7-13(11)10-34(17-30-32-33(2)31-17)9-12-5-15(19(24,25)26)8-16(6-12)20(27,28)29;1-2/h3-8H,9-10H2,1-2H3;1-2H3. The summed E-state index contributed by atoms with van der Waals surface area (Å²) in [5, 5.41) is 11.2. The number of tetrazole rings is 1. The van der Waals surface area contributed by atoms with Gasteiger partial charge in [-0.3, -0.25) is 0 Å². The Labute approximate surface area is 200 Å². The zero-order valence-electron chi connectivity index (χ0n) is 19.5. The van der Waals surface area contributed by atoms with E-state index in [0.29, 0.717) is 17.7 Å². The Morgan fingerprint density at radius 2 is 1.28 bits per heavy atom. The molecule has 0 spiro atoms. The van der Waals surface area contributed by atoms with Gasteiger partial charge in [0.1, 0.15) is 0 Å². The number of rotatable bonds is 5. The number of hydrogen-bond acceptors (Lipinski definition) is 4. The predicted octanol–water partition coefficient (Wildman–Crippen LogP) is 6.81. The van der Waals surface area contributed by atoms with Crippen LogP contribution in [-0.4, -0.2) is 20.2 Å². The Hall–Kier alpha value is -3.32. The Bertz CT molecular complexity index is 1130. The summed E-state index contributed by atoms with van der Waals surface area (Å²) in [5.74, 6) is -0.190. The Morgan fingerprint density at radius 1 is 0.750 bits per heavy atom. The summed E-state index contributed by atoms with van der Waals surface area (Å²) in [7, 11) is 1.37. The minimum absolute atomic E-state index is 0.00857. The van der Waals surface area contributed by atoms with Crippen molar-refractivity contribution in [2.24, 2.45) is 7.05 Å². The van der Waals surface area contributed by atoms with Gasteiger partial charge in [0.25, 0.3) is 5.95 Å². The van der Waals surface area contributed by atoms with Gasteiger partial charge in [-0.05, 0) is 59.2 Å². The zero-order chi connectivity index (χ0) is 27.5. The fourth-order valence-corrected chi connectivity index (χ4v) is 3.15. The van der Waals surface area contributed by atoms with Crippen LogP contribution >= 0.6 is 0 Å². The molecule has 0 saturated heterocycles. The van der Waals surface area contributed by atoms with Gasteiger partial charge in [0.15, 0.2) is 0 Å². The quantitative estimate of drug-likeness (QED) is 0.342. The molecule has 0 saturated carbocycles. The molecular formula is C22H22F9N5. The number of benzene rings is 2. The molecule has 0 atom stereocenters. The first-order valence-electron chi connectivity index (χ1n) is 10.5. The number of aryl methyl sites for hydroxylation is 2. The van der Waals surface area contributed by atoms with Crippen LogP contribution in [0.1, 0.15) is 47.2 Å². The maximum absolute atomic E-state index is 13.2. The summed E-state index contributed by atoms with van der Waals surface area (Å²) in [5.41, 5.74) is -3.83. The molecule has 0 aliphatic carbocycles. The maximum Gasteiger partial charge on any atom is 0.416 e.